The molecule has 110 valence electrons. The van der Waals surface area contributed by atoms with E-state index in [1.54, 1.807) is 0 Å². The van der Waals surface area contributed by atoms with E-state index < -0.39 is 11.9 Å². The molecule has 0 saturated heterocycles. The van der Waals surface area contributed by atoms with Gasteiger partial charge in [-0.25, -0.2) is 4.98 Å². The number of carboxylic acid groups (broad SMARTS) is 1. The molecular formula is C14H21N3O3. The number of amides is 1. The van der Waals surface area contributed by atoms with E-state index in [1.165, 1.54) is 18.3 Å². The molecule has 0 aliphatic heterocycles. The Morgan fingerprint density at radius 1 is 1.45 bits per heavy atom. The van der Waals surface area contributed by atoms with Crippen LogP contribution >= 0.6 is 0 Å². The van der Waals surface area contributed by atoms with Gasteiger partial charge < -0.3 is 16.2 Å². The third-order valence-corrected chi connectivity index (χ3v) is 2.68. The van der Waals surface area contributed by atoms with Gasteiger partial charge in [0, 0.05) is 17.8 Å². The van der Waals surface area contributed by atoms with Crippen LogP contribution in [-0.4, -0.2) is 28.0 Å². The monoisotopic (exact) mass is 279 g/mol. The van der Waals surface area contributed by atoms with Crippen molar-refractivity contribution in [2.24, 2.45) is 11.1 Å². The first kappa shape index (κ1) is 15.9. The Kier molecular flexibility index (Phi) is 5.07. The van der Waals surface area contributed by atoms with Crippen molar-refractivity contribution in [1.29, 1.82) is 0 Å². The molecule has 0 spiro atoms. The van der Waals surface area contributed by atoms with Crippen LogP contribution in [0.2, 0.25) is 0 Å². The minimum absolute atomic E-state index is 0.0141. The molecule has 1 heterocycles. The third kappa shape index (κ3) is 5.69. The van der Waals surface area contributed by atoms with Gasteiger partial charge in [0.05, 0.1) is 6.42 Å². The molecule has 0 aliphatic carbocycles. The Hall–Kier alpha value is -2.11. The lowest BCUT2D eigenvalue weighted by Crippen LogP contribution is -2.28. The smallest absolute Gasteiger partial charge is 0.305 e. The van der Waals surface area contributed by atoms with Crippen LogP contribution in [0.25, 0.3) is 0 Å². The summed E-state index contributed by atoms with van der Waals surface area (Å²) in [6.07, 6.45) is 2.12. The highest BCUT2D eigenvalue weighted by Gasteiger charge is 2.21. The minimum atomic E-state index is -0.877. The molecule has 1 aromatic rings. The Labute approximate surface area is 118 Å². The van der Waals surface area contributed by atoms with E-state index in [0.29, 0.717) is 17.8 Å². The molecule has 1 atom stereocenters. The molecule has 1 amide bonds. The SMILES string of the molecule is CC(C)(C)CC(CC(=O)O)Nc1cc(C(N)=O)ccn1. The molecule has 0 aliphatic rings. The molecule has 0 saturated carbocycles. The first-order chi connectivity index (χ1) is 9.17. The molecule has 1 unspecified atom stereocenters. The van der Waals surface area contributed by atoms with E-state index >= 15 is 0 Å². The highest BCUT2D eigenvalue weighted by atomic mass is 16.4. The molecule has 0 bridgehead atoms. The Balaban J connectivity index is 2.85. The van der Waals surface area contributed by atoms with E-state index in [1.807, 2.05) is 20.8 Å². The van der Waals surface area contributed by atoms with Crippen LogP contribution in [0.15, 0.2) is 18.3 Å². The van der Waals surface area contributed by atoms with E-state index in [4.69, 9.17) is 10.8 Å². The number of nitrogens with one attached hydrogen (secondary N) is 1. The maximum absolute atomic E-state index is 11.1. The van der Waals surface area contributed by atoms with Gasteiger partial charge in [0.2, 0.25) is 5.91 Å². The zero-order valence-corrected chi connectivity index (χ0v) is 12.0. The molecule has 4 N–H and O–H groups in total. The van der Waals surface area contributed by atoms with Gasteiger partial charge in [-0.2, -0.15) is 0 Å². The van der Waals surface area contributed by atoms with E-state index in [0.717, 1.165) is 0 Å². The lowest BCUT2D eigenvalue weighted by Gasteiger charge is -2.26. The first-order valence-electron chi connectivity index (χ1n) is 6.41. The van der Waals surface area contributed by atoms with Crippen LogP contribution in [0.4, 0.5) is 5.82 Å². The summed E-state index contributed by atoms with van der Waals surface area (Å²) in [5.74, 6) is -0.962. The maximum Gasteiger partial charge on any atom is 0.305 e. The summed E-state index contributed by atoms with van der Waals surface area (Å²) in [7, 11) is 0. The predicted octanol–water partition coefficient (Wildman–Crippen LogP) is 1.87. The van der Waals surface area contributed by atoms with Crippen LogP contribution in [0, 0.1) is 5.41 Å². The molecule has 1 aromatic heterocycles. The average Bonchev–Trinajstić information content (AvgIpc) is 2.25. The summed E-state index contributed by atoms with van der Waals surface area (Å²) in [5, 5.41) is 12.0. The zero-order chi connectivity index (χ0) is 15.3. The summed E-state index contributed by atoms with van der Waals surface area (Å²) in [6, 6.07) is 2.78. The lowest BCUT2D eigenvalue weighted by molar-refractivity contribution is -0.137. The zero-order valence-electron chi connectivity index (χ0n) is 12.0. The minimum Gasteiger partial charge on any atom is -0.481 e. The lowest BCUT2D eigenvalue weighted by atomic mass is 9.87. The highest BCUT2D eigenvalue weighted by Crippen LogP contribution is 2.24. The Morgan fingerprint density at radius 3 is 2.60 bits per heavy atom. The van der Waals surface area contributed by atoms with Gasteiger partial charge in [0.15, 0.2) is 0 Å². The quantitative estimate of drug-likeness (QED) is 0.737. The van der Waals surface area contributed by atoms with Crippen molar-refractivity contribution in [3.63, 3.8) is 0 Å². The molecule has 1 rings (SSSR count). The Bertz CT molecular complexity index is 495. The van der Waals surface area contributed by atoms with Gasteiger partial charge in [-0.3, -0.25) is 9.59 Å². The second-order valence-electron chi connectivity index (χ2n) is 6.00. The average molecular weight is 279 g/mol. The molecule has 0 aromatic carbocycles. The number of hydrogen-bond donors (Lipinski definition) is 3. The fourth-order valence-corrected chi connectivity index (χ4v) is 2.00. The van der Waals surface area contributed by atoms with Gasteiger partial charge in [-0.1, -0.05) is 20.8 Å². The van der Waals surface area contributed by atoms with Crippen molar-refractivity contribution < 1.29 is 14.7 Å². The summed E-state index contributed by atoms with van der Waals surface area (Å²) in [5.41, 5.74) is 5.53. The molecule has 6 heteroatoms. The predicted molar refractivity (Wildman–Crippen MR) is 76.5 cm³/mol. The molecule has 6 nitrogen and oxygen atoms in total. The number of carboxylic acids is 1. The fraction of sp³-hybridized carbons (Fsp3) is 0.500. The van der Waals surface area contributed by atoms with Gasteiger partial charge >= 0.3 is 5.97 Å². The van der Waals surface area contributed by atoms with Crippen molar-refractivity contribution in [1.82, 2.24) is 4.98 Å². The summed E-state index contributed by atoms with van der Waals surface area (Å²) >= 11 is 0. The normalized spacial score (nSPS) is 12.8. The van der Waals surface area contributed by atoms with Gasteiger partial charge in [0.1, 0.15) is 5.82 Å². The van der Waals surface area contributed by atoms with Gasteiger partial charge in [-0.05, 0) is 24.0 Å². The van der Waals surface area contributed by atoms with Crippen LogP contribution in [0.3, 0.4) is 0 Å². The van der Waals surface area contributed by atoms with Crippen LogP contribution < -0.4 is 11.1 Å². The number of aliphatic carboxylic acids is 1. The van der Waals surface area contributed by atoms with E-state index in [2.05, 4.69) is 10.3 Å². The standard InChI is InChI=1S/C14H21N3O3/c1-14(2,3)8-10(7-12(18)19)17-11-6-9(13(15)20)4-5-16-11/h4-6,10H,7-8H2,1-3H3,(H2,15,20)(H,16,17)(H,18,19). The Morgan fingerprint density at radius 2 is 2.10 bits per heavy atom. The number of pyridine rings is 1. The van der Waals surface area contributed by atoms with Crippen molar-refractivity contribution >= 4 is 17.7 Å². The maximum atomic E-state index is 11.1. The summed E-state index contributed by atoms with van der Waals surface area (Å²) in [6.45, 7) is 6.12. The molecular weight excluding hydrogens is 258 g/mol. The van der Waals surface area contributed by atoms with E-state index in [9.17, 15) is 9.59 Å². The van der Waals surface area contributed by atoms with Crippen LogP contribution in [0.1, 0.15) is 44.0 Å². The number of nitrogens with two attached hydrogens (primary N) is 1. The van der Waals surface area contributed by atoms with Gasteiger partial charge in [0.25, 0.3) is 0 Å². The fourth-order valence-electron chi connectivity index (χ4n) is 2.00. The number of aromatic nitrogens is 1. The number of nitrogens with zero attached hydrogens (tertiary/aromatic N) is 1. The first-order valence-corrected chi connectivity index (χ1v) is 6.41. The number of rotatable bonds is 6. The van der Waals surface area contributed by atoms with E-state index in [-0.39, 0.29) is 17.9 Å². The topological polar surface area (TPSA) is 105 Å². The van der Waals surface area contributed by atoms with Crippen molar-refractivity contribution in [2.75, 3.05) is 5.32 Å². The van der Waals surface area contributed by atoms with Crippen molar-refractivity contribution in [2.45, 2.75) is 39.7 Å². The number of hydrogen-bond acceptors (Lipinski definition) is 4. The second kappa shape index (κ2) is 6.36. The largest absolute Gasteiger partial charge is 0.481 e. The number of carbonyl (C=O) groups is 2. The molecule has 0 fully saturated rings. The second-order valence-corrected chi connectivity index (χ2v) is 6.00. The summed E-state index contributed by atoms with van der Waals surface area (Å²) in [4.78, 5) is 26.1. The van der Waals surface area contributed by atoms with Crippen molar-refractivity contribution in [3.05, 3.63) is 23.9 Å². The number of anilines is 1. The molecule has 0 radical (unpaired) electrons. The van der Waals surface area contributed by atoms with Gasteiger partial charge in [-0.15, -0.1) is 0 Å². The van der Waals surface area contributed by atoms with Crippen LogP contribution in [0.5, 0.6) is 0 Å². The van der Waals surface area contributed by atoms with Crippen molar-refractivity contribution in [3.8, 4) is 0 Å². The van der Waals surface area contributed by atoms with Crippen LogP contribution in [-0.2, 0) is 4.79 Å². The summed E-state index contributed by atoms with van der Waals surface area (Å²) < 4.78 is 0. The third-order valence-electron chi connectivity index (χ3n) is 2.68. The number of primary amides is 1. The number of carbonyl (C=O) groups excluding carboxylic acids is 1. The highest BCUT2D eigenvalue weighted by molar-refractivity contribution is 5.93. The molecule has 20 heavy (non-hydrogen) atoms.